The number of carboxylic acids is 1. The largest absolute Gasteiger partial charge is 0.545 e. The summed E-state index contributed by atoms with van der Waals surface area (Å²) in [4.78, 5) is 29.4. The molecule has 0 fully saturated rings. The summed E-state index contributed by atoms with van der Waals surface area (Å²) in [7, 11) is 0. The van der Waals surface area contributed by atoms with Gasteiger partial charge in [-0.25, -0.2) is 4.58 Å². The molecule has 0 saturated heterocycles. The maximum absolute atomic E-state index is 13.9. The monoisotopic (exact) mass is 854 g/mol. The Bertz CT molecular complexity index is 2190. The maximum Gasteiger partial charge on any atom is 0.210 e. The van der Waals surface area contributed by atoms with Crippen molar-refractivity contribution in [1.82, 2.24) is 4.58 Å². The molecular weight excluding hydrogens is 792 g/mol. The summed E-state index contributed by atoms with van der Waals surface area (Å²) in [6.45, 7) is 8.33. The van der Waals surface area contributed by atoms with Crippen LogP contribution in [0.1, 0.15) is 131 Å². The van der Waals surface area contributed by atoms with Crippen LogP contribution >= 0.6 is 11.6 Å². The number of aromatic carboxylic acids is 1. The minimum absolute atomic E-state index is 0.0492. The molecule has 5 aliphatic heterocycles. The Hall–Kier alpha value is -3.80. The average molecular weight is 856 g/mol. The van der Waals surface area contributed by atoms with Gasteiger partial charge in [0.1, 0.15) is 24.6 Å². The molecule has 0 radical (unpaired) electrons. The Labute approximate surface area is 365 Å². The smallest absolute Gasteiger partial charge is 0.210 e. The molecule has 328 valence electrons. The Morgan fingerprint density at radius 3 is 2.15 bits per heavy atom. The van der Waals surface area contributed by atoms with Gasteiger partial charge in [-0.05, 0) is 100.0 Å². The van der Waals surface area contributed by atoms with Crippen molar-refractivity contribution in [2.45, 2.75) is 103 Å². The van der Waals surface area contributed by atoms with Crippen molar-refractivity contribution < 1.29 is 38.4 Å². The van der Waals surface area contributed by atoms with Crippen LogP contribution in [0.25, 0.3) is 5.57 Å². The lowest BCUT2D eigenvalue weighted by molar-refractivity contribution is -0.255. The first-order chi connectivity index (χ1) is 30.0. The highest BCUT2D eigenvalue weighted by Gasteiger charge is 2.35. The lowest BCUT2D eigenvalue weighted by Crippen LogP contribution is -2.41. The number of benzene rings is 3. The van der Waals surface area contributed by atoms with Crippen molar-refractivity contribution in [2.24, 2.45) is 0 Å². The molecule has 0 saturated carbocycles. The first kappa shape index (κ1) is 43.8. The molecule has 0 unspecified atom stereocenters. The summed E-state index contributed by atoms with van der Waals surface area (Å²) in [5.41, 5.74) is 9.28. The zero-order valence-electron chi connectivity index (χ0n) is 35.9. The third kappa shape index (κ3) is 10.2. The van der Waals surface area contributed by atoms with E-state index in [1.54, 1.807) is 12.1 Å². The van der Waals surface area contributed by atoms with Crippen LogP contribution in [0, 0.1) is 0 Å². The van der Waals surface area contributed by atoms with E-state index in [0.717, 1.165) is 156 Å². The number of halogens is 1. The minimum Gasteiger partial charge on any atom is -0.545 e. The minimum atomic E-state index is -1.25. The summed E-state index contributed by atoms with van der Waals surface area (Å²) < 4.78 is 32.4. The Balaban J connectivity index is 0.980. The number of carboxylic acid groups (broad SMARTS) is 1. The van der Waals surface area contributed by atoms with Gasteiger partial charge in [-0.15, -0.1) is 11.6 Å². The second kappa shape index (κ2) is 21.5. The van der Waals surface area contributed by atoms with E-state index in [4.69, 9.17) is 35.3 Å². The molecule has 8 rings (SSSR count). The molecule has 5 heterocycles. The van der Waals surface area contributed by atoms with Crippen LogP contribution in [0.5, 0.6) is 11.5 Å². The molecule has 61 heavy (non-hydrogen) atoms. The summed E-state index contributed by atoms with van der Waals surface area (Å²) in [6, 6.07) is 9.59. The number of unbranched alkanes of at least 4 members (excludes halogenated alkanes) is 3. The van der Waals surface area contributed by atoms with Gasteiger partial charge in [0.2, 0.25) is 5.36 Å². The fraction of sp³-hybridized carbons (Fsp3) is 0.580. The molecule has 0 bridgehead atoms. The second-order valence-corrected chi connectivity index (χ2v) is 17.6. The SMILES string of the molecule is O=C(CCCOCCOCCOCCOCCCCCCCl)c1ccc(C(=O)[O-])c(C2=c3cc4c5c(c3Oc3c2cc2c6c3CCCN6CCCC2)CCC[N+]=5CCCC4)c1. The number of ketones is 1. The average Bonchev–Trinajstić information content (AvgIpc) is 3.62. The molecule has 11 heteroatoms. The Kier molecular flexibility index (Phi) is 15.5. The Morgan fingerprint density at radius 1 is 0.672 bits per heavy atom. The van der Waals surface area contributed by atoms with Gasteiger partial charge in [0, 0.05) is 95.7 Å². The molecule has 0 atom stereocenters. The van der Waals surface area contributed by atoms with E-state index in [1.807, 2.05) is 6.07 Å². The van der Waals surface area contributed by atoms with E-state index in [9.17, 15) is 14.7 Å². The molecule has 5 aliphatic rings. The van der Waals surface area contributed by atoms with Crippen LogP contribution in [0.3, 0.4) is 0 Å². The summed E-state index contributed by atoms with van der Waals surface area (Å²) >= 11 is 5.71. The zero-order chi connectivity index (χ0) is 42.0. The van der Waals surface area contributed by atoms with Gasteiger partial charge in [0.15, 0.2) is 5.78 Å². The number of hydrogen-bond acceptors (Lipinski definition) is 9. The molecule has 0 N–H and O–H groups in total. The number of hydrogen-bond donors (Lipinski definition) is 0. The molecule has 0 amide bonds. The van der Waals surface area contributed by atoms with Gasteiger partial charge in [-0.3, -0.25) is 4.79 Å². The zero-order valence-corrected chi connectivity index (χ0v) is 36.7. The highest BCUT2D eigenvalue weighted by atomic mass is 35.5. The molecule has 0 aliphatic carbocycles. The summed E-state index contributed by atoms with van der Waals surface area (Å²) in [6.07, 6.45) is 15.6. The van der Waals surface area contributed by atoms with Crippen molar-refractivity contribution in [1.29, 1.82) is 0 Å². The maximum atomic E-state index is 13.9. The lowest BCUT2D eigenvalue weighted by atomic mass is 9.82. The fourth-order valence-electron chi connectivity index (χ4n) is 10.1. The van der Waals surface area contributed by atoms with Gasteiger partial charge >= 0.3 is 0 Å². The number of ether oxygens (including phenoxy) is 5. The first-order valence-electron chi connectivity index (χ1n) is 23.2. The molecule has 10 nitrogen and oxygen atoms in total. The highest BCUT2D eigenvalue weighted by molar-refractivity contribution is 6.17. The van der Waals surface area contributed by atoms with Crippen LogP contribution in [-0.2, 0) is 44.6 Å². The number of nitrogens with zero attached hydrogens (tertiary/aromatic N) is 2. The van der Waals surface area contributed by atoms with Crippen LogP contribution < -0.4 is 29.9 Å². The van der Waals surface area contributed by atoms with E-state index < -0.39 is 5.97 Å². The van der Waals surface area contributed by atoms with Gasteiger partial charge in [0.05, 0.1) is 51.2 Å². The van der Waals surface area contributed by atoms with E-state index in [-0.39, 0.29) is 17.8 Å². The molecular formula is C50H63ClN2O8. The topological polar surface area (TPSA) is 110 Å². The summed E-state index contributed by atoms with van der Waals surface area (Å²) in [5.74, 6) is 1.14. The van der Waals surface area contributed by atoms with Crippen molar-refractivity contribution in [2.75, 3.05) is 89.8 Å². The molecule has 0 spiro atoms. The van der Waals surface area contributed by atoms with Crippen molar-refractivity contribution >= 4 is 34.6 Å². The number of carbonyl (C=O) groups is 2. The number of carbonyl (C=O) groups excluding carboxylic acids is 2. The number of aryl methyl sites for hydroxylation is 2. The van der Waals surface area contributed by atoms with Gasteiger partial charge in [0.25, 0.3) is 0 Å². The fourth-order valence-corrected chi connectivity index (χ4v) is 10.3. The normalized spacial score (nSPS) is 16.5. The van der Waals surface area contributed by atoms with Crippen molar-refractivity contribution in [3.8, 4) is 11.5 Å². The highest BCUT2D eigenvalue weighted by Crippen LogP contribution is 2.48. The van der Waals surface area contributed by atoms with Gasteiger partial charge in [-0.2, -0.15) is 0 Å². The number of Topliss-reactive ketones (excluding diaryl/α,β-unsaturated/α-hetero) is 1. The van der Waals surface area contributed by atoms with Crippen LogP contribution in [0.2, 0.25) is 0 Å². The summed E-state index contributed by atoms with van der Waals surface area (Å²) in [5, 5.41) is 15.3. The number of fused-ring (bicyclic) bond motifs is 4. The van der Waals surface area contributed by atoms with Crippen LogP contribution in [-0.4, -0.2) is 96.7 Å². The Morgan fingerprint density at radius 2 is 1.36 bits per heavy atom. The van der Waals surface area contributed by atoms with Crippen molar-refractivity contribution in [3.05, 3.63) is 85.4 Å². The second-order valence-electron chi connectivity index (χ2n) is 17.2. The number of anilines is 1. The predicted octanol–water partition coefficient (Wildman–Crippen LogP) is 6.09. The first-order valence-corrected chi connectivity index (χ1v) is 23.8. The third-order valence-electron chi connectivity index (χ3n) is 13.0. The van der Waals surface area contributed by atoms with E-state index >= 15 is 0 Å². The quantitative estimate of drug-likeness (QED) is 0.0402. The number of alkyl halides is 1. The van der Waals surface area contributed by atoms with Crippen LogP contribution in [0.4, 0.5) is 5.69 Å². The van der Waals surface area contributed by atoms with E-state index in [0.29, 0.717) is 63.8 Å². The van der Waals surface area contributed by atoms with Gasteiger partial charge in [-0.1, -0.05) is 25.0 Å². The van der Waals surface area contributed by atoms with E-state index in [1.165, 1.54) is 33.3 Å². The molecule has 3 aromatic rings. The molecule has 0 aromatic heterocycles. The number of rotatable bonds is 22. The lowest BCUT2D eigenvalue weighted by Gasteiger charge is -2.36. The predicted molar refractivity (Wildman–Crippen MR) is 236 cm³/mol. The standard InChI is InChI=1S/C50H63ClN2O8/c51-19-5-1-2-8-24-57-26-28-59-30-31-60-29-27-58-25-11-16-44(54)35-17-18-38(50(55)56)41(32-35)45-42-33-36-12-3-6-20-52-22-9-14-39(46(36)52)48(42)61-49-40-15-10-23-53-21-7-4-13-37(47(40)53)34-43(45)49/h17-18,32-34H,1-16,19-31H2. The van der Waals surface area contributed by atoms with Crippen molar-refractivity contribution in [3.63, 3.8) is 0 Å². The van der Waals surface area contributed by atoms with Gasteiger partial charge < -0.3 is 38.5 Å². The van der Waals surface area contributed by atoms with E-state index in [2.05, 4.69) is 21.6 Å². The van der Waals surface area contributed by atoms with Crippen LogP contribution in [0.15, 0.2) is 30.3 Å². The molecule has 3 aromatic carbocycles. The third-order valence-corrected chi connectivity index (χ3v) is 13.3.